The zero-order valence-electron chi connectivity index (χ0n) is 14.0. The first-order valence-corrected chi connectivity index (χ1v) is 8.09. The van der Waals surface area contributed by atoms with Gasteiger partial charge in [-0.25, -0.2) is 0 Å². The van der Waals surface area contributed by atoms with E-state index in [1.807, 2.05) is 24.3 Å². The minimum Gasteiger partial charge on any atom is -0.368 e. The van der Waals surface area contributed by atoms with Crippen LogP contribution in [0.15, 0.2) is 54.7 Å². The number of alkyl halides is 3. The zero-order valence-corrected chi connectivity index (χ0v) is 14.0. The molecule has 0 bridgehead atoms. The highest BCUT2D eigenvalue weighted by Gasteiger charge is 2.35. The molecule has 1 atom stereocenters. The van der Waals surface area contributed by atoms with Gasteiger partial charge in [-0.2, -0.15) is 13.2 Å². The number of hydrogen-bond donors (Lipinski definition) is 3. The zero-order chi connectivity index (χ0) is 19.6. The van der Waals surface area contributed by atoms with Crippen molar-refractivity contribution >= 4 is 22.7 Å². The summed E-state index contributed by atoms with van der Waals surface area (Å²) >= 11 is 0. The van der Waals surface area contributed by atoms with Crippen LogP contribution in [-0.2, 0) is 17.4 Å². The number of para-hydroxylation sites is 1. The van der Waals surface area contributed by atoms with E-state index in [-0.39, 0.29) is 6.42 Å². The van der Waals surface area contributed by atoms with Gasteiger partial charge in [0.1, 0.15) is 6.04 Å². The van der Waals surface area contributed by atoms with Gasteiger partial charge in [-0.3, -0.25) is 9.59 Å². The Bertz CT molecular complexity index is 995. The number of rotatable bonds is 5. The van der Waals surface area contributed by atoms with Crippen LogP contribution in [0.5, 0.6) is 0 Å². The van der Waals surface area contributed by atoms with Gasteiger partial charge in [0, 0.05) is 23.5 Å². The van der Waals surface area contributed by atoms with Gasteiger partial charge in [0.15, 0.2) is 0 Å². The molecule has 3 aromatic rings. The summed E-state index contributed by atoms with van der Waals surface area (Å²) in [5.74, 6) is -1.84. The third-order valence-corrected chi connectivity index (χ3v) is 4.22. The Hall–Kier alpha value is -3.29. The quantitative estimate of drug-likeness (QED) is 0.640. The number of carbonyl (C=O) groups is 2. The summed E-state index contributed by atoms with van der Waals surface area (Å²) < 4.78 is 39.3. The van der Waals surface area contributed by atoms with Gasteiger partial charge in [0.2, 0.25) is 5.91 Å². The number of aromatic amines is 1. The lowest BCUT2D eigenvalue weighted by Gasteiger charge is -2.17. The second-order valence-electron chi connectivity index (χ2n) is 6.04. The summed E-state index contributed by atoms with van der Waals surface area (Å²) in [4.78, 5) is 27.2. The highest BCUT2D eigenvalue weighted by atomic mass is 19.4. The summed E-state index contributed by atoms with van der Waals surface area (Å²) in [6, 6.07) is 10.6. The van der Waals surface area contributed by atoms with Gasteiger partial charge >= 0.3 is 6.18 Å². The van der Waals surface area contributed by atoms with E-state index in [4.69, 9.17) is 5.73 Å². The van der Waals surface area contributed by atoms with Crippen LogP contribution in [0.1, 0.15) is 21.5 Å². The highest BCUT2D eigenvalue weighted by Crippen LogP contribution is 2.31. The normalized spacial score (nSPS) is 12.7. The van der Waals surface area contributed by atoms with Crippen LogP contribution in [-0.4, -0.2) is 22.8 Å². The number of halogens is 3. The number of carbonyl (C=O) groups excluding carboxylic acids is 2. The lowest BCUT2D eigenvalue weighted by Crippen LogP contribution is -2.46. The van der Waals surface area contributed by atoms with Crippen LogP contribution in [0.25, 0.3) is 10.9 Å². The molecule has 27 heavy (non-hydrogen) atoms. The first kappa shape index (κ1) is 18.5. The molecule has 5 nitrogen and oxygen atoms in total. The van der Waals surface area contributed by atoms with Gasteiger partial charge < -0.3 is 16.0 Å². The number of hydrogen-bond acceptors (Lipinski definition) is 2. The molecular formula is C19H16F3N3O2. The van der Waals surface area contributed by atoms with Crippen LogP contribution in [0.3, 0.4) is 0 Å². The topological polar surface area (TPSA) is 88.0 Å². The Labute approximate surface area is 152 Å². The lowest BCUT2D eigenvalue weighted by atomic mass is 10.0. The molecule has 8 heteroatoms. The lowest BCUT2D eigenvalue weighted by molar-refractivity contribution is -0.137. The fraction of sp³-hybridized carbons (Fsp3) is 0.158. The van der Waals surface area contributed by atoms with E-state index in [0.717, 1.165) is 28.6 Å². The predicted molar refractivity (Wildman–Crippen MR) is 93.9 cm³/mol. The highest BCUT2D eigenvalue weighted by molar-refractivity contribution is 5.99. The average molecular weight is 375 g/mol. The second-order valence-corrected chi connectivity index (χ2v) is 6.04. The van der Waals surface area contributed by atoms with Crippen molar-refractivity contribution in [2.75, 3.05) is 0 Å². The second kappa shape index (κ2) is 7.14. The molecule has 140 valence electrons. The number of aromatic nitrogens is 1. The third kappa shape index (κ3) is 3.94. The van der Waals surface area contributed by atoms with Gasteiger partial charge in [-0.15, -0.1) is 0 Å². The van der Waals surface area contributed by atoms with E-state index in [0.29, 0.717) is 0 Å². The SMILES string of the molecule is NC(=O)[C@H](Cc1c[nH]c2ccccc12)NC(=O)c1ccccc1C(F)(F)F. The number of amides is 2. The largest absolute Gasteiger partial charge is 0.417 e. The van der Waals surface area contributed by atoms with Crippen molar-refractivity contribution in [3.8, 4) is 0 Å². The Morgan fingerprint density at radius 3 is 2.44 bits per heavy atom. The van der Waals surface area contributed by atoms with E-state index >= 15 is 0 Å². The average Bonchev–Trinajstić information content (AvgIpc) is 3.03. The summed E-state index contributed by atoms with van der Waals surface area (Å²) in [7, 11) is 0. The molecule has 0 spiro atoms. The molecule has 0 saturated carbocycles. The maximum Gasteiger partial charge on any atom is 0.417 e. The number of primary amides is 1. The van der Waals surface area contributed by atoms with Crippen molar-refractivity contribution in [1.82, 2.24) is 10.3 Å². The summed E-state index contributed by atoms with van der Waals surface area (Å²) in [5.41, 5.74) is 5.29. The van der Waals surface area contributed by atoms with E-state index in [9.17, 15) is 22.8 Å². The molecule has 1 heterocycles. The maximum atomic E-state index is 13.1. The Kier molecular flexibility index (Phi) is 4.89. The number of H-pyrrole nitrogens is 1. The van der Waals surface area contributed by atoms with Crippen LogP contribution in [0, 0.1) is 0 Å². The van der Waals surface area contributed by atoms with Crippen LogP contribution in [0.4, 0.5) is 13.2 Å². The third-order valence-electron chi connectivity index (χ3n) is 4.22. The maximum absolute atomic E-state index is 13.1. The molecule has 1 aromatic heterocycles. The fourth-order valence-corrected chi connectivity index (χ4v) is 2.91. The van der Waals surface area contributed by atoms with Gasteiger partial charge in [0.25, 0.3) is 5.91 Å². The van der Waals surface area contributed by atoms with Gasteiger partial charge in [0.05, 0.1) is 11.1 Å². The van der Waals surface area contributed by atoms with E-state index < -0.39 is 35.2 Å². The molecule has 0 aliphatic heterocycles. The number of nitrogens with two attached hydrogens (primary N) is 1. The Morgan fingerprint density at radius 1 is 1.07 bits per heavy atom. The van der Waals surface area contributed by atoms with Crippen LogP contribution < -0.4 is 11.1 Å². The Balaban J connectivity index is 1.85. The van der Waals surface area contributed by atoms with Crippen LogP contribution >= 0.6 is 0 Å². The standard InChI is InChI=1S/C19H16F3N3O2/c20-19(21,22)14-7-3-1-6-13(14)18(27)25-16(17(23)26)9-11-10-24-15-8-4-2-5-12(11)15/h1-8,10,16,24H,9H2,(H2,23,26)(H,25,27)/t16-/m0/s1. The minimum atomic E-state index is -4.69. The Morgan fingerprint density at radius 2 is 1.74 bits per heavy atom. The summed E-state index contributed by atoms with van der Waals surface area (Å²) in [6.07, 6.45) is -2.96. The van der Waals surface area contributed by atoms with Crippen LogP contribution in [0.2, 0.25) is 0 Å². The smallest absolute Gasteiger partial charge is 0.368 e. The number of benzene rings is 2. The molecular weight excluding hydrogens is 359 g/mol. The van der Waals surface area contributed by atoms with Crippen molar-refractivity contribution in [1.29, 1.82) is 0 Å². The molecule has 0 unspecified atom stereocenters. The molecule has 0 aliphatic rings. The first-order chi connectivity index (χ1) is 12.8. The molecule has 0 saturated heterocycles. The number of fused-ring (bicyclic) bond motifs is 1. The molecule has 4 N–H and O–H groups in total. The van der Waals surface area contributed by atoms with Crippen molar-refractivity contribution < 1.29 is 22.8 Å². The molecule has 2 amide bonds. The van der Waals surface area contributed by atoms with Gasteiger partial charge in [-0.05, 0) is 23.8 Å². The summed E-state index contributed by atoms with van der Waals surface area (Å²) in [6.45, 7) is 0. The van der Waals surface area contributed by atoms with E-state index in [1.54, 1.807) is 6.20 Å². The van der Waals surface area contributed by atoms with Crippen molar-refractivity contribution in [3.63, 3.8) is 0 Å². The molecule has 3 rings (SSSR count). The van der Waals surface area contributed by atoms with Gasteiger partial charge in [-0.1, -0.05) is 30.3 Å². The van der Waals surface area contributed by atoms with Crippen molar-refractivity contribution in [3.05, 3.63) is 71.4 Å². The van der Waals surface area contributed by atoms with Crippen molar-refractivity contribution in [2.45, 2.75) is 18.6 Å². The molecule has 2 aromatic carbocycles. The summed E-state index contributed by atoms with van der Waals surface area (Å²) in [5, 5.41) is 3.16. The predicted octanol–water partition coefficient (Wildman–Crippen LogP) is 3.01. The number of nitrogens with one attached hydrogen (secondary N) is 2. The van der Waals surface area contributed by atoms with E-state index in [1.165, 1.54) is 12.1 Å². The fourth-order valence-electron chi connectivity index (χ4n) is 2.91. The van der Waals surface area contributed by atoms with E-state index in [2.05, 4.69) is 10.3 Å². The molecule has 0 aliphatic carbocycles. The monoisotopic (exact) mass is 375 g/mol. The molecule has 0 radical (unpaired) electrons. The molecule has 0 fully saturated rings. The van der Waals surface area contributed by atoms with Crippen molar-refractivity contribution in [2.24, 2.45) is 5.73 Å². The first-order valence-electron chi connectivity index (χ1n) is 8.09. The minimum absolute atomic E-state index is 0.0548.